The van der Waals surface area contributed by atoms with Crippen LogP contribution in [0, 0.1) is 11.8 Å². The number of rotatable bonds is 4. The molecule has 2 N–H and O–H groups in total. The van der Waals surface area contributed by atoms with E-state index in [-0.39, 0.29) is 0 Å². The van der Waals surface area contributed by atoms with E-state index >= 15 is 0 Å². The van der Waals surface area contributed by atoms with Crippen LogP contribution < -0.4 is 5.73 Å². The molecule has 66 valence electrons. The molecule has 11 heavy (non-hydrogen) atoms. The summed E-state index contributed by atoms with van der Waals surface area (Å²) in [6.07, 6.45) is 5.54. The number of nitrogens with two attached hydrogens (primary N) is 1. The van der Waals surface area contributed by atoms with E-state index in [0.29, 0.717) is 17.9 Å². The van der Waals surface area contributed by atoms with Crippen LogP contribution in [-0.4, -0.2) is 6.04 Å². The van der Waals surface area contributed by atoms with E-state index in [2.05, 4.69) is 39.8 Å². The van der Waals surface area contributed by atoms with Crippen molar-refractivity contribution in [3.8, 4) is 0 Å². The fourth-order valence-electron chi connectivity index (χ4n) is 1.21. The van der Waals surface area contributed by atoms with Gasteiger partial charge < -0.3 is 5.73 Å². The fourth-order valence-corrected chi connectivity index (χ4v) is 1.21. The van der Waals surface area contributed by atoms with Gasteiger partial charge in [-0.2, -0.15) is 0 Å². The van der Waals surface area contributed by atoms with Crippen molar-refractivity contribution in [1.29, 1.82) is 0 Å². The molecule has 0 aliphatic rings. The molecule has 1 heteroatoms. The first-order chi connectivity index (χ1) is 5.07. The highest BCUT2D eigenvalue weighted by Gasteiger charge is 2.09. The summed E-state index contributed by atoms with van der Waals surface area (Å²) in [7, 11) is 0. The van der Waals surface area contributed by atoms with Crippen molar-refractivity contribution in [1.82, 2.24) is 0 Å². The van der Waals surface area contributed by atoms with Gasteiger partial charge in [0.15, 0.2) is 0 Å². The molecule has 0 aliphatic carbocycles. The van der Waals surface area contributed by atoms with Crippen LogP contribution in [0.2, 0.25) is 0 Å². The average molecular weight is 155 g/mol. The largest absolute Gasteiger partial charge is 0.328 e. The lowest BCUT2D eigenvalue weighted by Gasteiger charge is -2.17. The van der Waals surface area contributed by atoms with E-state index in [1.54, 1.807) is 0 Å². The molecule has 0 aliphatic heterocycles. The maximum absolute atomic E-state index is 5.76. The predicted molar refractivity (Wildman–Crippen MR) is 51.4 cm³/mol. The van der Waals surface area contributed by atoms with E-state index in [1.165, 1.54) is 6.42 Å². The molecular weight excluding hydrogens is 134 g/mol. The smallest absolute Gasteiger partial charge is 0.00363 e. The van der Waals surface area contributed by atoms with Gasteiger partial charge in [-0.05, 0) is 32.1 Å². The van der Waals surface area contributed by atoms with Crippen molar-refractivity contribution in [2.24, 2.45) is 17.6 Å². The average Bonchev–Trinajstić information content (AvgIpc) is 1.87. The fraction of sp³-hybridized carbons (Fsp3) is 0.800. The molecule has 0 amide bonds. The van der Waals surface area contributed by atoms with Crippen LogP contribution in [-0.2, 0) is 0 Å². The van der Waals surface area contributed by atoms with E-state index in [9.17, 15) is 0 Å². The molecule has 0 saturated carbocycles. The summed E-state index contributed by atoms with van der Waals surface area (Å²) in [5.74, 6) is 1.29. The van der Waals surface area contributed by atoms with Crippen LogP contribution in [0.4, 0.5) is 0 Å². The maximum Gasteiger partial charge on any atom is 0.00363 e. The third kappa shape index (κ3) is 5.02. The maximum atomic E-state index is 5.76. The first kappa shape index (κ1) is 10.7. The second-order valence-corrected chi connectivity index (χ2v) is 3.58. The third-order valence-corrected chi connectivity index (χ3v) is 2.16. The molecular formula is C10H21N. The second-order valence-electron chi connectivity index (χ2n) is 3.58. The Morgan fingerprint density at radius 3 is 2.18 bits per heavy atom. The molecule has 0 aromatic heterocycles. The molecule has 0 spiro atoms. The molecule has 1 nitrogen and oxygen atoms in total. The molecule has 0 aromatic carbocycles. The summed E-state index contributed by atoms with van der Waals surface area (Å²) in [4.78, 5) is 0. The van der Waals surface area contributed by atoms with Crippen LogP contribution in [0.25, 0.3) is 0 Å². The SMILES string of the molecule is C/C=C/[C@H](C)CC(C)C(C)N. The van der Waals surface area contributed by atoms with Gasteiger partial charge in [-0.1, -0.05) is 26.0 Å². The Labute approximate surface area is 70.7 Å². The van der Waals surface area contributed by atoms with Crippen molar-refractivity contribution in [2.75, 3.05) is 0 Å². The molecule has 2 unspecified atom stereocenters. The van der Waals surface area contributed by atoms with Gasteiger partial charge in [-0.25, -0.2) is 0 Å². The minimum absolute atomic E-state index is 0.322. The van der Waals surface area contributed by atoms with Crippen LogP contribution in [0.3, 0.4) is 0 Å². The topological polar surface area (TPSA) is 26.0 Å². The molecule has 0 radical (unpaired) electrons. The van der Waals surface area contributed by atoms with E-state index in [4.69, 9.17) is 5.73 Å². The standard InChI is InChI=1S/C10H21N/c1-5-6-8(2)7-9(3)10(4)11/h5-6,8-10H,7,11H2,1-4H3/b6-5+/t8-,9?,10?/m0/s1. The van der Waals surface area contributed by atoms with Crippen molar-refractivity contribution in [2.45, 2.75) is 40.2 Å². The van der Waals surface area contributed by atoms with E-state index < -0.39 is 0 Å². The zero-order chi connectivity index (χ0) is 8.85. The molecule has 3 atom stereocenters. The Kier molecular flexibility index (Phi) is 5.22. The van der Waals surface area contributed by atoms with Crippen molar-refractivity contribution in [3.05, 3.63) is 12.2 Å². The number of hydrogen-bond donors (Lipinski definition) is 1. The molecule has 0 heterocycles. The molecule has 0 fully saturated rings. The minimum Gasteiger partial charge on any atom is -0.328 e. The van der Waals surface area contributed by atoms with Crippen LogP contribution >= 0.6 is 0 Å². The summed E-state index contributed by atoms with van der Waals surface area (Å²) in [6.45, 7) is 8.59. The van der Waals surface area contributed by atoms with Gasteiger partial charge in [0.05, 0.1) is 0 Å². The monoisotopic (exact) mass is 155 g/mol. The number of hydrogen-bond acceptors (Lipinski definition) is 1. The first-order valence-corrected chi connectivity index (χ1v) is 4.46. The van der Waals surface area contributed by atoms with Crippen LogP contribution in [0.5, 0.6) is 0 Å². The quantitative estimate of drug-likeness (QED) is 0.620. The highest BCUT2D eigenvalue weighted by molar-refractivity contribution is 4.84. The third-order valence-electron chi connectivity index (χ3n) is 2.16. The molecule has 0 saturated heterocycles. The Morgan fingerprint density at radius 1 is 1.27 bits per heavy atom. The second kappa shape index (κ2) is 5.36. The van der Waals surface area contributed by atoms with E-state index in [1.807, 2.05) is 0 Å². The van der Waals surface area contributed by atoms with Crippen LogP contribution in [0.1, 0.15) is 34.1 Å². The summed E-state index contributed by atoms with van der Waals surface area (Å²) < 4.78 is 0. The van der Waals surface area contributed by atoms with Crippen molar-refractivity contribution >= 4 is 0 Å². The van der Waals surface area contributed by atoms with Gasteiger partial charge in [0.2, 0.25) is 0 Å². The zero-order valence-corrected chi connectivity index (χ0v) is 8.17. The van der Waals surface area contributed by atoms with Gasteiger partial charge >= 0.3 is 0 Å². The first-order valence-electron chi connectivity index (χ1n) is 4.46. The van der Waals surface area contributed by atoms with Crippen LogP contribution in [0.15, 0.2) is 12.2 Å². The predicted octanol–water partition coefficient (Wildman–Crippen LogP) is 2.57. The number of allylic oxidation sites excluding steroid dienone is 2. The Balaban J connectivity index is 3.65. The van der Waals surface area contributed by atoms with Gasteiger partial charge in [-0.3, -0.25) is 0 Å². The van der Waals surface area contributed by atoms with Gasteiger partial charge in [0.1, 0.15) is 0 Å². The summed E-state index contributed by atoms with van der Waals surface area (Å²) in [6, 6.07) is 0.322. The van der Waals surface area contributed by atoms with Crippen molar-refractivity contribution < 1.29 is 0 Å². The normalized spacial score (nSPS) is 20.1. The lowest BCUT2D eigenvalue weighted by molar-refractivity contribution is 0.407. The Morgan fingerprint density at radius 2 is 1.82 bits per heavy atom. The Hall–Kier alpha value is -0.300. The van der Waals surface area contributed by atoms with E-state index in [0.717, 1.165) is 0 Å². The summed E-state index contributed by atoms with van der Waals surface area (Å²) >= 11 is 0. The summed E-state index contributed by atoms with van der Waals surface area (Å²) in [5.41, 5.74) is 5.76. The van der Waals surface area contributed by atoms with Crippen molar-refractivity contribution in [3.63, 3.8) is 0 Å². The van der Waals surface area contributed by atoms with Gasteiger partial charge in [-0.15, -0.1) is 0 Å². The van der Waals surface area contributed by atoms with Gasteiger partial charge in [0, 0.05) is 6.04 Å². The zero-order valence-electron chi connectivity index (χ0n) is 8.17. The Bertz CT molecular complexity index is 116. The minimum atomic E-state index is 0.322. The highest BCUT2D eigenvalue weighted by atomic mass is 14.6. The highest BCUT2D eigenvalue weighted by Crippen LogP contribution is 2.14. The molecule has 0 rings (SSSR count). The lowest BCUT2D eigenvalue weighted by atomic mass is 9.92. The summed E-state index contributed by atoms with van der Waals surface area (Å²) in [5, 5.41) is 0. The lowest BCUT2D eigenvalue weighted by Crippen LogP contribution is -2.25. The van der Waals surface area contributed by atoms with Gasteiger partial charge in [0.25, 0.3) is 0 Å². The molecule has 0 bridgehead atoms. The molecule has 0 aromatic rings.